The van der Waals surface area contributed by atoms with E-state index in [1.165, 1.54) is 7.11 Å². The maximum absolute atomic E-state index is 12.2. The van der Waals surface area contributed by atoms with Crippen LogP contribution in [0, 0.1) is 6.92 Å². The van der Waals surface area contributed by atoms with E-state index in [9.17, 15) is 9.59 Å². The Hall–Kier alpha value is -2.73. The van der Waals surface area contributed by atoms with Gasteiger partial charge in [-0.3, -0.25) is 9.59 Å². The van der Waals surface area contributed by atoms with E-state index in [1.54, 1.807) is 57.4 Å². The minimum absolute atomic E-state index is 0.389. The van der Waals surface area contributed by atoms with Crippen molar-refractivity contribution in [2.24, 2.45) is 0 Å². The fourth-order valence-electron chi connectivity index (χ4n) is 2.41. The van der Waals surface area contributed by atoms with Gasteiger partial charge in [-0.05, 0) is 55.3 Å². The summed E-state index contributed by atoms with van der Waals surface area (Å²) in [7, 11) is 3.08. The molecule has 2 amide bonds. The van der Waals surface area contributed by atoms with Crippen molar-refractivity contribution in [2.45, 2.75) is 19.9 Å². The molecule has 6 nitrogen and oxygen atoms in total. The molecule has 7 heteroatoms. The molecule has 26 heavy (non-hydrogen) atoms. The molecule has 0 heterocycles. The number of hydrogen-bond acceptors (Lipinski definition) is 4. The monoisotopic (exact) mass is 376 g/mol. The summed E-state index contributed by atoms with van der Waals surface area (Å²) in [4.78, 5) is 24.3. The van der Waals surface area contributed by atoms with Crippen LogP contribution in [0.1, 0.15) is 24.1 Å². The van der Waals surface area contributed by atoms with Gasteiger partial charge in [-0.2, -0.15) is 0 Å². The molecule has 0 saturated heterocycles. The Kier molecular flexibility index (Phi) is 6.46. The first-order valence-corrected chi connectivity index (χ1v) is 8.33. The SMILES string of the molecule is COc1ccc(C(C)NC(=O)C(=O)Nc2ccc(Cl)cc2C)cc1OC. The van der Waals surface area contributed by atoms with Crippen molar-refractivity contribution in [3.05, 3.63) is 52.5 Å². The van der Waals surface area contributed by atoms with Crippen LogP contribution in [0.2, 0.25) is 5.02 Å². The van der Waals surface area contributed by atoms with Crippen molar-refractivity contribution in [1.82, 2.24) is 5.32 Å². The summed E-state index contributed by atoms with van der Waals surface area (Å²) >= 11 is 5.89. The third kappa shape index (κ3) is 4.67. The Bertz CT molecular complexity index is 823. The van der Waals surface area contributed by atoms with Gasteiger partial charge in [-0.25, -0.2) is 0 Å². The van der Waals surface area contributed by atoms with Gasteiger partial charge in [0.05, 0.1) is 20.3 Å². The second-order valence-corrected chi connectivity index (χ2v) is 6.16. The average molecular weight is 377 g/mol. The van der Waals surface area contributed by atoms with E-state index in [0.29, 0.717) is 22.2 Å². The number of halogens is 1. The molecule has 0 aliphatic heterocycles. The Morgan fingerprint density at radius 3 is 2.31 bits per heavy atom. The molecular formula is C19H21ClN2O4. The van der Waals surface area contributed by atoms with Crippen LogP contribution in [0.5, 0.6) is 11.5 Å². The molecule has 0 aliphatic rings. The van der Waals surface area contributed by atoms with E-state index in [2.05, 4.69) is 10.6 Å². The standard InChI is InChI=1S/C19H21ClN2O4/c1-11-9-14(20)6-7-15(11)22-19(24)18(23)21-12(2)13-5-8-16(25-3)17(10-13)26-4/h5-10,12H,1-4H3,(H,21,23)(H,22,24). The molecule has 1 atom stereocenters. The van der Waals surface area contributed by atoms with Crippen LogP contribution < -0.4 is 20.1 Å². The highest BCUT2D eigenvalue weighted by atomic mass is 35.5. The predicted molar refractivity (Wildman–Crippen MR) is 101 cm³/mol. The third-order valence-electron chi connectivity index (χ3n) is 3.90. The van der Waals surface area contributed by atoms with Crippen LogP contribution in [-0.2, 0) is 9.59 Å². The van der Waals surface area contributed by atoms with Crippen LogP contribution in [0.25, 0.3) is 0 Å². The molecule has 1 unspecified atom stereocenters. The van der Waals surface area contributed by atoms with Gasteiger partial charge in [-0.15, -0.1) is 0 Å². The minimum Gasteiger partial charge on any atom is -0.493 e. The van der Waals surface area contributed by atoms with Crippen molar-refractivity contribution in [2.75, 3.05) is 19.5 Å². The number of ether oxygens (including phenoxy) is 2. The number of methoxy groups -OCH3 is 2. The summed E-state index contributed by atoms with van der Waals surface area (Å²) in [6, 6.07) is 9.92. The summed E-state index contributed by atoms with van der Waals surface area (Å²) in [6.07, 6.45) is 0. The second-order valence-electron chi connectivity index (χ2n) is 5.72. The molecule has 0 spiro atoms. The lowest BCUT2D eigenvalue weighted by Gasteiger charge is -2.16. The van der Waals surface area contributed by atoms with Gasteiger partial charge in [0.15, 0.2) is 11.5 Å². The smallest absolute Gasteiger partial charge is 0.313 e. The number of benzene rings is 2. The van der Waals surface area contributed by atoms with Crippen molar-refractivity contribution in [3.8, 4) is 11.5 Å². The Labute approximate surface area is 157 Å². The molecule has 2 rings (SSSR count). The van der Waals surface area contributed by atoms with Gasteiger partial charge in [0.25, 0.3) is 0 Å². The quantitative estimate of drug-likeness (QED) is 0.783. The number of nitrogens with one attached hydrogen (secondary N) is 2. The first-order chi connectivity index (χ1) is 12.3. The molecule has 138 valence electrons. The Balaban J connectivity index is 2.05. The van der Waals surface area contributed by atoms with Crippen LogP contribution in [0.4, 0.5) is 5.69 Å². The van der Waals surface area contributed by atoms with E-state index in [4.69, 9.17) is 21.1 Å². The van der Waals surface area contributed by atoms with E-state index in [0.717, 1.165) is 11.1 Å². The van der Waals surface area contributed by atoms with E-state index in [1.807, 2.05) is 0 Å². The largest absolute Gasteiger partial charge is 0.493 e. The first-order valence-electron chi connectivity index (χ1n) is 7.95. The third-order valence-corrected chi connectivity index (χ3v) is 4.13. The average Bonchev–Trinajstić information content (AvgIpc) is 2.63. The number of aryl methyl sites for hydroxylation is 1. The van der Waals surface area contributed by atoms with Gasteiger partial charge in [0.2, 0.25) is 0 Å². The fraction of sp³-hybridized carbons (Fsp3) is 0.263. The van der Waals surface area contributed by atoms with Crippen LogP contribution in [0.15, 0.2) is 36.4 Å². The molecule has 0 saturated carbocycles. The van der Waals surface area contributed by atoms with Crippen LogP contribution in [0.3, 0.4) is 0 Å². The Morgan fingerprint density at radius 1 is 1.00 bits per heavy atom. The highest BCUT2D eigenvalue weighted by Gasteiger charge is 2.19. The number of hydrogen-bond donors (Lipinski definition) is 2. The van der Waals surface area contributed by atoms with Gasteiger partial charge in [-0.1, -0.05) is 17.7 Å². The van der Waals surface area contributed by atoms with Gasteiger partial charge < -0.3 is 20.1 Å². The van der Waals surface area contributed by atoms with Crippen molar-refractivity contribution in [3.63, 3.8) is 0 Å². The highest BCUT2D eigenvalue weighted by molar-refractivity contribution is 6.39. The number of rotatable bonds is 5. The summed E-state index contributed by atoms with van der Waals surface area (Å²) in [5.74, 6) is -0.345. The number of amides is 2. The van der Waals surface area contributed by atoms with E-state index in [-0.39, 0.29) is 6.04 Å². The minimum atomic E-state index is -0.747. The summed E-state index contributed by atoms with van der Waals surface area (Å²) < 4.78 is 10.4. The number of carbonyl (C=O) groups excluding carboxylic acids is 2. The molecule has 2 aromatic carbocycles. The maximum Gasteiger partial charge on any atom is 0.313 e. The van der Waals surface area contributed by atoms with E-state index < -0.39 is 11.8 Å². The molecule has 0 radical (unpaired) electrons. The molecule has 0 fully saturated rings. The van der Waals surface area contributed by atoms with Crippen LogP contribution >= 0.6 is 11.6 Å². The lowest BCUT2D eigenvalue weighted by Crippen LogP contribution is -2.37. The normalized spacial score (nSPS) is 11.4. The summed E-state index contributed by atoms with van der Waals surface area (Å²) in [5.41, 5.74) is 2.09. The fourth-order valence-corrected chi connectivity index (χ4v) is 2.64. The predicted octanol–water partition coefficient (Wildman–Crippen LogP) is 3.48. The Morgan fingerprint density at radius 2 is 1.69 bits per heavy atom. The van der Waals surface area contributed by atoms with E-state index >= 15 is 0 Å². The number of carbonyl (C=O) groups is 2. The zero-order valence-electron chi connectivity index (χ0n) is 15.1. The van der Waals surface area contributed by atoms with Crippen molar-refractivity contribution in [1.29, 1.82) is 0 Å². The zero-order valence-corrected chi connectivity index (χ0v) is 15.8. The molecule has 2 N–H and O–H groups in total. The molecular weight excluding hydrogens is 356 g/mol. The lowest BCUT2D eigenvalue weighted by molar-refractivity contribution is -0.136. The van der Waals surface area contributed by atoms with Crippen molar-refractivity contribution < 1.29 is 19.1 Å². The molecule has 0 aromatic heterocycles. The van der Waals surface area contributed by atoms with Gasteiger partial charge in [0.1, 0.15) is 0 Å². The van der Waals surface area contributed by atoms with Crippen molar-refractivity contribution >= 4 is 29.1 Å². The summed E-state index contributed by atoms with van der Waals surface area (Å²) in [6.45, 7) is 3.58. The maximum atomic E-state index is 12.2. The van der Waals surface area contributed by atoms with Gasteiger partial charge in [0, 0.05) is 10.7 Å². The topological polar surface area (TPSA) is 76.7 Å². The molecule has 2 aromatic rings. The van der Waals surface area contributed by atoms with Gasteiger partial charge >= 0.3 is 11.8 Å². The molecule has 0 aliphatic carbocycles. The second kappa shape index (κ2) is 8.58. The highest BCUT2D eigenvalue weighted by Crippen LogP contribution is 2.29. The first kappa shape index (κ1) is 19.6. The van der Waals surface area contributed by atoms with Crippen LogP contribution in [-0.4, -0.2) is 26.0 Å². The summed E-state index contributed by atoms with van der Waals surface area (Å²) in [5, 5.41) is 5.80. The number of anilines is 1. The molecule has 0 bridgehead atoms. The lowest BCUT2D eigenvalue weighted by atomic mass is 10.1. The zero-order chi connectivity index (χ0) is 19.3.